The van der Waals surface area contributed by atoms with E-state index in [1.54, 1.807) is 24.3 Å². The number of nitrogens with zero attached hydrogens (tertiary/aromatic N) is 1. The summed E-state index contributed by atoms with van der Waals surface area (Å²) in [5.41, 5.74) is 5.57. The number of halogens is 1. The summed E-state index contributed by atoms with van der Waals surface area (Å²) >= 11 is 0. The first-order chi connectivity index (χ1) is 16.3. The van der Waals surface area contributed by atoms with E-state index in [1.165, 1.54) is 30.5 Å². The maximum absolute atomic E-state index is 12.9. The van der Waals surface area contributed by atoms with E-state index in [0.29, 0.717) is 22.7 Å². The van der Waals surface area contributed by atoms with Crippen molar-refractivity contribution in [2.24, 2.45) is 5.10 Å². The SMILES string of the molecule is Cc1cccc(C)c1NC(=O)C(=O)N/N=C\c1ccc(OCC(=O)Nc2ccc(F)cc2)cc1. The highest BCUT2D eigenvalue weighted by Crippen LogP contribution is 2.19. The molecular weight excluding hydrogens is 439 g/mol. The molecule has 8 nitrogen and oxygen atoms in total. The van der Waals surface area contributed by atoms with Gasteiger partial charge in [-0.3, -0.25) is 14.4 Å². The van der Waals surface area contributed by atoms with E-state index in [0.717, 1.165) is 11.1 Å². The van der Waals surface area contributed by atoms with Crippen LogP contribution in [-0.2, 0) is 14.4 Å². The molecule has 0 spiro atoms. The van der Waals surface area contributed by atoms with Gasteiger partial charge in [-0.15, -0.1) is 0 Å². The van der Waals surface area contributed by atoms with E-state index in [1.807, 2.05) is 32.0 Å². The first kappa shape index (κ1) is 24.1. The molecule has 3 amide bonds. The third-order valence-electron chi connectivity index (χ3n) is 4.68. The first-order valence-corrected chi connectivity index (χ1v) is 10.3. The lowest BCUT2D eigenvalue weighted by molar-refractivity contribution is -0.136. The van der Waals surface area contributed by atoms with Gasteiger partial charge in [-0.1, -0.05) is 18.2 Å². The van der Waals surface area contributed by atoms with Crippen LogP contribution < -0.4 is 20.8 Å². The van der Waals surface area contributed by atoms with E-state index < -0.39 is 17.6 Å². The number of carbonyl (C=O) groups excluding carboxylic acids is 3. The predicted octanol–water partition coefficient (Wildman–Crippen LogP) is 3.55. The van der Waals surface area contributed by atoms with E-state index >= 15 is 0 Å². The van der Waals surface area contributed by atoms with Gasteiger partial charge in [0.2, 0.25) is 0 Å². The van der Waals surface area contributed by atoms with E-state index in [-0.39, 0.29) is 12.5 Å². The van der Waals surface area contributed by atoms with Gasteiger partial charge in [0, 0.05) is 11.4 Å². The van der Waals surface area contributed by atoms with Crippen LogP contribution in [0.1, 0.15) is 16.7 Å². The molecular formula is C25H23FN4O4. The van der Waals surface area contributed by atoms with Gasteiger partial charge in [-0.25, -0.2) is 9.82 Å². The maximum atomic E-state index is 12.9. The summed E-state index contributed by atoms with van der Waals surface area (Å²) in [4.78, 5) is 36.0. The average molecular weight is 462 g/mol. The molecule has 0 atom stereocenters. The molecule has 0 saturated carbocycles. The zero-order valence-corrected chi connectivity index (χ0v) is 18.6. The minimum Gasteiger partial charge on any atom is -0.484 e. The second-order valence-corrected chi connectivity index (χ2v) is 7.33. The fraction of sp³-hybridized carbons (Fsp3) is 0.120. The Balaban J connectivity index is 1.45. The van der Waals surface area contributed by atoms with Crippen LogP contribution in [0.5, 0.6) is 5.75 Å². The molecule has 174 valence electrons. The molecule has 0 aliphatic heterocycles. The van der Waals surface area contributed by atoms with Crippen LogP contribution in [0.3, 0.4) is 0 Å². The van der Waals surface area contributed by atoms with E-state index in [4.69, 9.17) is 4.74 Å². The summed E-state index contributed by atoms with van der Waals surface area (Å²) in [6.45, 7) is 3.45. The number of anilines is 2. The number of hydrogen-bond acceptors (Lipinski definition) is 5. The third-order valence-corrected chi connectivity index (χ3v) is 4.68. The summed E-state index contributed by atoms with van der Waals surface area (Å²) in [5, 5.41) is 8.97. The Kier molecular flexibility index (Phi) is 8.07. The second-order valence-electron chi connectivity index (χ2n) is 7.33. The Labute approximate surface area is 195 Å². The molecule has 0 fully saturated rings. The number of carbonyl (C=O) groups is 3. The Morgan fingerprint density at radius 1 is 0.882 bits per heavy atom. The van der Waals surface area contributed by atoms with Gasteiger partial charge >= 0.3 is 11.8 Å². The lowest BCUT2D eigenvalue weighted by Crippen LogP contribution is -2.32. The third kappa shape index (κ3) is 6.99. The lowest BCUT2D eigenvalue weighted by Gasteiger charge is -2.10. The van der Waals surface area contributed by atoms with Gasteiger partial charge in [0.15, 0.2) is 6.61 Å². The van der Waals surface area contributed by atoms with Gasteiger partial charge in [-0.2, -0.15) is 5.10 Å². The van der Waals surface area contributed by atoms with Crippen LogP contribution in [0.25, 0.3) is 0 Å². The monoisotopic (exact) mass is 462 g/mol. The van der Waals surface area contributed by atoms with Crippen molar-refractivity contribution in [1.29, 1.82) is 0 Å². The van der Waals surface area contributed by atoms with E-state index in [2.05, 4.69) is 21.2 Å². The molecule has 34 heavy (non-hydrogen) atoms. The molecule has 0 aromatic heterocycles. The minimum absolute atomic E-state index is 0.226. The highest BCUT2D eigenvalue weighted by atomic mass is 19.1. The van der Waals surface area contributed by atoms with Gasteiger partial charge in [0.05, 0.1) is 6.21 Å². The highest BCUT2D eigenvalue weighted by molar-refractivity contribution is 6.39. The van der Waals surface area contributed by atoms with Gasteiger partial charge in [0.1, 0.15) is 11.6 Å². The number of aryl methyl sites for hydroxylation is 2. The van der Waals surface area contributed by atoms with Gasteiger partial charge in [0.25, 0.3) is 5.91 Å². The summed E-state index contributed by atoms with van der Waals surface area (Å²) in [6, 6.07) is 17.5. The predicted molar refractivity (Wildman–Crippen MR) is 127 cm³/mol. The van der Waals surface area contributed by atoms with Gasteiger partial charge < -0.3 is 15.4 Å². The van der Waals surface area contributed by atoms with Crippen LogP contribution in [0, 0.1) is 19.7 Å². The van der Waals surface area contributed by atoms with Crippen LogP contribution in [0.4, 0.5) is 15.8 Å². The van der Waals surface area contributed by atoms with Crippen molar-refractivity contribution >= 4 is 35.3 Å². The number of benzene rings is 3. The number of hydrogen-bond donors (Lipinski definition) is 3. The molecule has 0 radical (unpaired) electrons. The number of amides is 3. The van der Waals surface area contributed by atoms with Crippen molar-refractivity contribution in [3.05, 3.63) is 89.2 Å². The summed E-state index contributed by atoms with van der Waals surface area (Å²) in [7, 11) is 0. The number of ether oxygens (including phenoxy) is 1. The van der Waals surface area contributed by atoms with Crippen LogP contribution in [0.15, 0.2) is 71.8 Å². The van der Waals surface area contributed by atoms with Crippen molar-refractivity contribution in [3.8, 4) is 5.75 Å². The molecule has 0 unspecified atom stereocenters. The molecule has 0 saturated heterocycles. The van der Waals surface area contributed by atoms with Crippen molar-refractivity contribution in [2.75, 3.05) is 17.2 Å². The van der Waals surface area contributed by atoms with Crippen molar-refractivity contribution < 1.29 is 23.5 Å². The van der Waals surface area contributed by atoms with Crippen LogP contribution >= 0.6 is 0 Å². The van der Waals surface area contributed by atoms with E-state index in [9.17, 15) is 18.8 Å². The Hall–Kier alpha value is -4.53. The topological polar surface area (TPSA) is 109 Å². The maximum Gasteiger partial charge on any atom is 0.329 e. The molecule has 9 heteroatoms. The molecule has 3 aromatic rings. The summed E-state index contributed by atoms with van der Waals surface area (Å²) < 4.78 is 18.3. The lowest BCUT2D eigenvalue weighted by atomic mass is 10.1. The van der Waals surface area contributed by atoms with Crippen LogP contribution in [-0.4, -0.2) is 30.5 Å². The number of para-hydroxylation sites is 1. The number of nitrogens with one attached hydrogen (secondary N) is 3. The largest absolute Gasteiger partial charge is 0.484 e. The van der Waals surface area contributed by atoms with Crippen LogP contribution in [0.2, 0.25) is 0 Å². The Morgan fingerprint density at radius 3 is 2.18 bits per heavy atom. The van der Waals surface area contributed by atoms with Crippen molar-refractivity contribution in [1.82, 2.24) is 5.43 Å². The first-order valence-electron chi connectivity index (χ1n) is 10.3. The minimum atomic E-state index is -0.897. The highest BCUT2D eigenvalue weighted by Gasteiger charge is 2.15. The van der Waals surface area contributed by atoms with Crippen molar-refractivity contribution in [3.63, 3.8) is 0 Å². The standard InChI is InChI=1S/C25H23FN4O4/c1-16-4-3-5-17(2)23(16)29-24(32)25(33)30-27-14-18-6-12-21(13-7-18)34-15-22(31)28-20-10-8-19(26)9-11-20/h3-14H,15H2,1-2H3,(H,28,31)(H,29,32)(H,30,33)/b27-14-. The molecule has 0 heterocycles. The Morgan fingerprint density at radius 2 is 1.53 bits per heavy atom. The quantitative estimate of drug-likeness (QED) is 0.283. The zero-order chi connectivity index (χ0) is 24.5. The fourth-order valence-corrected chi connectivity index (χ4v) is 2.93. The van der Waals surface area contributed by atoms with Gasteiger partial charge in [-0.05, 0) is 79.1 Å². The second kappa shape index (κ2) is 11.4. The smallest absolute Gasteiger partial charge is 0.329 e. The Bertz CT molecular complexity index is 1190. The van der Waals surface area contributed by atoms with Crippen molar-refractivity contribution in [2.45, 2.75) is 13.8 Å². The molecule has 0 bridgehead atoms. The molecule has 3 aromatic carbocycles. The number of hydrazone groups is 1. The fourth-order valence-electron chi connectivity index (χ4n) is 2.93. The molecule has 0 aliphatic rings. The normalized spacial score (nSPS) is 10.6. The summed E-state index contributed by atoms with van der Waals surface area (Å²) in [6.07, 6.45) is 1.37. The summed E-state index contributed by atoms with van der Waals surface area (Å²) in [5.74, 6) is -2.05. The molecule has 3 rings (SSSR count). The average Bonchev–Trinajstić information content (AvgIpc) is 2.82. The molecule has 3 N–H and O–H groups in total. The molecule has 0 aliphatic carbocycles. The zero-order valence-electron chi connectivity index (χ0n) is 18.6. The number of rotatable bonds is 7.